The summed E-state index contributed by atoms with van der Waals surface area (Å²) in [5.74, 6) is 0. The monoisotopic (exact) mass is 252 g/mol. The lowest BCUT2D eigenvalue weighted by molar-refractivity contribution is 1.01. The second-order valence-corrected chi connectivity index (χ2v) is 5.10. The maximum Gasteiger partial charge on any atom is 0.125 e. The highest BCUT2D eigenvalue weighted by atomic mass is 35.5. The van der Waals surface area contributed by atoms with Crippen LogP contribution in [0.4, 0.5) is 0 Å². The Bertz CT molecular complexity index is 476. The fraction of sp³-hybridized carbons (Fsp3) is 0.250. The second-order valence-electron chi connectivity index (χ2n) is 3.49. The highest BCUT2D eigenvalue weighted by molar-refractivity contribution is 7.19. The van der Waals surface area contributed by atoms with Crippen molar-refractivity contribution < 1.29 is 0 Å². The molecule has 0 fully saturated rings. The summed E-state index contributed by atoms with van der Waals surface area (Å²) in [6.45, 7) is 2.53. The van der Waals surface area contributed by atoms with E-state index in [-0.39, 0.29) is 0 Å². The minimum Gasteiger partial charge on any atom is -0.325 e. The van der Waals surface area contributed by atoms with Gasteiger partial charge in [0.25, 0.3) is 0 Å². The summed E-state index contributed by atoms with van der Waals surface area (Å²) in [4.78, 5) is 4.42. The van der Waals surface area contributed by atoms with Crippen molar-refractivity contribution in [1.29, 1.82) is 0 Å². The fourth-order valence-electron chi connectivity index (χ4n) is 1.47. The highest BCUT2D eigenvalue weighted by Crippen LogP contribution is 2.31. The van der Waals surface area contributed by atoms with Gasteiger partial charge in [-0.25, -0.2) is 4.98 Å². The molecule has 2 nitrogen and oxygen atoms in total. The van der Waals surface area contributed by atoms with Crippen molar-refractivity contribution in [3.63, 3.8) is 0 Å². The van der Waals surface area contributed by atoms with E-state index in [1.165, 1.54) is 16.9 Å². The molecule has 0 unspecified atom stereocenters. The van der Waals surface area contributed by atoms with Crippen LogP contribution >= 0.6 is 22.9 Å². The lowest BCUT2D eigenvalue weighted by Gasteiger charge is -1.98. The molecule has 4 heteroatoms. The molecule has 84 valence electrons. The summed E-state index contributed by atoms with van der Waals surface area (Å²) in [5, 5.41) is 0.938. The third kappa shape index (κ3) is 2.26. The number of aryl methyl sites for hydroxylation is 1. The summed E-state index contributed by atoms with van der Waals surface area (Å²) >= 11 is 7.51. The Labute approximate surface area is 104 Å². The van der Waals surface area contributed by atoms with Gasteiger partial charge in [0.2, 0.25) is 0 Å². The summed E-state index contributed by atoms with van der Waals surface area (Å²) in [7, 11) is 0. The minimum absolute atomic E-state index is 0.391. The molecule has 2 rings (SSSR count). The lowest BCUT2D eigenvalue weighted by atomic mass is 10.1. The van der Waals surface area contributed by atoms with Gasteiger partial charge in [-0.1, -0.05) is 42.8 Å². The van der Waals surface area contributed by atoms with Gasteiger partial charge in [0.05, 0.1) is 5.69 Å². The molecule has 1 aromatic heterocycles. The Balaban J connectivity index is 2.34. The maximum atomic E-state index is 6.03. The zero-order chi connectivity index (χ0) is 11.5. The number of hydrogen-bond acceptors (Lipinski definition) is 3. The number of rotatable bonds is 3. The minimum atomic E-state index is 0.391. The van der Waals surface area contributed by atoms with Crippen molar-refractivity contribution in [3.05, 3.63) is 39.9 Å². The fourth-order valence-corrected chi connectivity index (χ4v) is 2.63. The van der Waals surface area contributed by atoms with Crippen LogP contribution in [-0.4, -0.2) is 4.98 Å². The zero-order valence-electron chi connectivity index (χ0n) is 9.03. The summed E-state index contributed by atoms with van der Waals surface area (Å²) in [6.07, 6.45) is 1.05. The normalized spacial score (nSPS) is 10.7. The SMILES string of the molecule is CCc1ccc(-c2nc(CN)c(Cl)s2)cc1. The van der Waals surface area contributed by atoms with E-state index in [4.69, 9.17) is 17.3 Å². The molecule has 0 spiro atoms. The number of nitrogens with zero attached hydrogens (tertiary/aromatic N) is 1. The molecule has 0 radical (unpaired) electrons. The number of halogens is 1. The average molecular weight is 253 g/mol. The topological polar surface area (TPSA) is 38.9 Å². The predicted molar refractivity (Wildman–Crippen MR) is 69.8 cm³/mol. The molecule has 1 aromatic carbocycles. The number of thiazole rings is 1. The van der Waals surface area contributed by atoms with Gasteiger partial charge < -0.3 is 5.73 Å². The molecule has 2 aromatic rings. The van der Waals surface area contributed by atoms with Gasteiger partial charge in [-0.05, 0) is 12.0 Å². The summed E-state index contributed by atoms with van der Waals surface area (Å²) in [5.41, 5.74) is 8.75. The standard InChI is InChI=1S/C12H13ClN2S/c1-2-8-3-5-9(6-4-8)12-15-10(7-14)11(13)16-12/h3-6H,2,7,14H2,1H3. The molecule has 0 saturated heterocycles. The smallest absolute Gasteiger partial charge is 0.125 e. The largest absolute Gasteiger partial charge is 0.325 e. The highest BCUT2D eigenvalue weighted by Gasteiger charge is 2.09. The molecule has 0 bridgehead atoms. The first-order valence-electron chi connectivity index (χ1n) is 5.19. The average Bonchev–Trinajstić information content (AvgIpc) is 2.71. The first kappa shape index (κ1) is 11.6. The Hall–Kier alpha value is -0.900. The van der Waals surface area contributed by atoms with Crippen LogP contribution in [-0.2, 0) is 13.0 Å². The van der Waals surface area contributed by atoms with E-state index in [2.05, 4.69) is 36.2 Å². The molecule has 16 heavy (non-hydrogen) atoms. The van der Waals surface area contributed by atoms with Crippen molar-refractivity contribution in [2.45, 2.75) is 19.9 Å². The molecular formula is C12H13ClN2S. The number of hydrogen-bond donors (Lipinski definition) is 1. The van der Waals surface area contributed by atoms with Crippen molar-refractivity contribution >= 4 is 22.9 Å². The molecule has 0 aliphatic rings. The van der Waals surface area contributed by atoms with E-state index in [1.54, 1.807) is 0 Å². The Kier molecular flexibility index (Phi) is 3.59. The zero-order valence-corrected chi connectivity index (χ0v) is 10.6. The van der Waals surface area contributed by atoms with Crippen molar-refractivity contribution in [2.75, 3.05) is 0 Å². The number of nitrogens with two attached hydrogens (primary N) is 1. The molecular weight excluding hydrogens is 240 g/mol. The molecule has 0 amide bonds. The van der Waals surface area contributed by atoms with Gasteiger partial charge >= 0.3 is 0 Å². The van der Waals surface area contributed by atoms with Crippen LogP contribution in [0.5, 0.6) is 0 Å². The third-order valence-corrected chi connectivity index (χ3v) is 3.84. The van der Waals surface area contributed by atoms with Crippen LogP contribution < -0.4 is 5.73 Å². The first-order chi connectivity index (χ1) is 7.74. The van der Waals surface area contributed by atoms with Gasteiger partial charge in [0.1, 0.15) is 9.34 Å². The molecule has 0 aliphatic carbocycles. The van der Waals surface area contributed by atoms with Gasteiger partial charge in [-0.2, -0.15) is 0 Å². The van der Waals surface area contributed by atoms with Crippen LogP contribution in [0.1, 0.15) is 18.2 Å². The second kappa shape index (κ2) is 4.95. The summed E-state index contributed by atoms with van der Waals surface area (Å²) in [6, 6.07) is 8.39. The third-order valence-electron chi connectivity index (χ3n) is 2.45. The Morgan fingerprint density at radius 3 is 2.50 bits per heavy atom. The van der Waals surface area contributed by atoms with Crippen LogP contribution in [0, 0.1) is 0 Å². The number of aromatic nitrogens is 1. The van der Waals surface area contributed by atoms with Crippen LogP contribution in [0.2, 0.25) is 4.34 Å². The van der Waals surface area contributed by atoms with E-state index in [1.807, 2.05) is 0 Å². The maximum absolute atomic E-state index is 6.03. The van der Waals surface area contributed by atoms with Crippen molar-refractivity contribution in [1.82, 2.24) is 4.98 Å². The lowest BCUT2D eigenvalue weighted by Crippen LogP contribution is -1.96. The van der Waals surface area contributed by atoms with Gasteiger partial charge in [0.15, 0.2) is 0 Å². The van der Waals surface area contributed by atoms with E-state index >= 15 is 0 Å². The molecule has 0 saturated carbocycles. The van der Waals surface area contributed by atoms with Crippen molar-refractivity contribution in [2.24, 2.45) is 5.73 Å². The number of benzene rings is 1. The molecule has 2 N–H and O–H groups in total. The van der Waals surface area contributed by atoms with E-state index in [0.717, 1.165) is 22.7 Å². The summed E-state index contributed by atoms with van der Waals surface area (Å²) < 4.78 is 0.692. The molecule has 0 atom stereocenters. The van der Waals surface area contributed by atoms with E-state index in [0.29, 0.717) is 10.9 Å². The van der Waals surface area contributed by atoms with Crippen molar-refractivity contribution in [3.8, 4) is 10.6 Å². The van der Waals surface area contributed by atoms with Crippen LogP contribution in [0.25, 0.3) is 10.6 Å². The van der Waals surface area contributed by atoms with Gasteiger partial charge in [0, 0.05) is 12.1 Å². The first-order valence-corrected chi connectivity index (χ1v) is 6.38. The van der Waals surface area contributed by atoms with E-state index in [9.17, 15) is 0 Å². The van der Waals surface area contributed by atoms with E-state index < -0.39 is 0 Å². The molecule has 0 aliphatic heterocycles. The predicted octanol–water partition coefficient (Wildman–Crippen LogP) is 3.48. The Morgan fingerprint density at radius 2 is 2.00 bits per heavy atom. The van der Waals surface area contributed by atoms with Gasteiger partial charge in [-0.3, -0.25) is 0 Å². The van der Waals surface area contributed by atoms with Gasteiger partial charge in [-0.15, -0.1) is 11.3 Å². The Morgan fingerprint density at radius 1 is 1.31 bits per heavy atom. The van der Waals surface area contributed by atoms with Crippen LogP contribution in [0.15, 0.2) is 24.3 Å². The quantitative estimate of drug-likeness (QED) is 0.908. The molecule has 1 heterocycles. The van der Waals surface area contributed by atoms with Crippen LogP contribution in [0.3, 0.4) is 0 Å².